The smallest absolute Gasteiger partial charge is 0.287 e. The number of hydrogen-bond acceptors (Lipinski definition) is 4. The molecule has 2 aromatic heterocycles. The van der Waals surface area contributed by atoms with Crippen LogP contribution in [0, 0.1) is 0 Å². The highest BCUT2D eigenvalue weighted by Gasteiger charge is 2.24. The number of ketones is 1. The zero-order chi connectivity index (χ0) is 20.1. The highest BCUT2D eigenvalue weighted by molar-refractivity contribution is 6.03. The average molecular weight is 385 g/mol. The van der Waals surface area contributed by atoms with E-state index >= 15 is 0 Å². The Morgan fingerprint density at radius 3 is 2.38 bits per heavy atom. The second kappa shape index (κ2) is 8.39. The van der Waals surface area contributed by atoms with Gasteiger partial charge in [-0.15, -0.1) is 0 Å². The molecular formula is C23H19N3O3. The van der Waals surface area contributed by atoms with Gasteiger partial charge >= 0.3 is 0 Å². The zero-order valence-electron chi connectivity index (χ0n) is 15.6. The van der Waals surface area contributed by atoms with E-state index in [9.17, 15) is 9.59 Å². The lowest BCUT2D eigenvalue weighted by Crippen LogP contribution is -2.43. The summed E-state index contributed by atoms with van der Waals surface area (Å²) >= 11 is 0. The number of amides is 1. The summed E-state index contributed by atoms with van der Waals surface area (Å²) in [7, 11) is 0. The molecule has 6 nitrogen and oxygen atoms in total. The number of carbonyl (C=O) groups excluding carboxylic acids is 2. The summed E-state index contributed by atoms with van der Waals surface area (Å²) in [5.41, 5.74) is 1.41. The molecule has 0 saturated heterocycles. The molecule has 0 saturated carbocycles. The lowest BCUT2D eigenvalue weighted by atomic mass is 10.0. The number of Topliss-reactive ketones (excluding diaryl/α,β-unsaturated/α-hetero) is 1. The summed E-state index contributed by atoms with van der Waals surface area (Å²) in [5.74, 6) is 0.126. The van der Waals surface area contributed by atoms with Crippen LogP contribution in [-0.4, -0.2) is 27.3 Å². The number of hydrogen-bond donors (Lipinski definition) is 1. The molecule has 144 valence electrons. The van der Waals surface area contributed by atoms with Crippen LogP contribution in [0.15, 0.2) is 95.9 Å². The molecule has 29 heavy (non-hydrogen) atoms. The molecule has 0 aliphatic carbocycles. The predicted octanol–water partition coefficient (Wildman–Crippen LogP) is 3.82. The summed E-state index contributed by atoms with van der Waals surface area (Å²) in [4.78, 5) is 29.8. The van der Waals surface area contributed by atoms with Gasteiger partial charge in [0, 0.05) is 23.5 Å². The first-order chi connectivity index (χ1) is 14.2. The van der Waals surface area contributed by atoms with E-state index < -0.39 is 11.9 Å². The van der Waals surface area contributed by atoms with Gasteiger partial charge in [-0.3, -0.25) is 9.59 Å². The summed E-state index contributed by atoms with van der Waals surface area (Å²) in [6, 6.07) is 21.0. The number of nitrogens with zero attached hydrogens (tertiary/aromatic N) is 2. The van der Waals surface area contributed by atoms with Crippen LogP contribution in [0.25, 0.3) is 11.3 Å². The fraction of sp³-hybridized carbons (Fsp3) is 0.0870. The van der Waals surface area contributed by atoms with E-state index in [-0.39, 0.29) is 18.1 Å². The topological polar surface area (TPSA) is 77.1 Å². The monoisotopic (exact) mass is 385 g/mol. The Hall–Kier alpha value is -3.93. The fourth-order valence-electron chi connectivity index (χ4n) is 3.05. The van der Waals surface area contributed by atoms with E-state index in [0.29, 0.717) is 11.3 Å². The molecule has 2 aromatic carbocycles. The fourth-order valence-corrected chi connectivity index (χ4v) is 3.05. The minimum absolute atomic E-state index is 0.153. The van der Waals surface area contributed by atoms with Gasteiger partial charge in [-0.05, 0) is 12.1 Å². The van der Waals surface area contributed by atoms with Crippen LogP contribution in [0.1, 0.15) is 20.9 Å². The Balaban J connectivity index is 1.55. The maximum atomic E-state index is 13.0. The zero-order valence-corrected chi connectivity index (χ0v) is 15.6. The van der Waals surface area contributed by atoms with Crippen molar-refractivity contribution in [3.05, 3.63) is 103 Å². The molecule has 4 aromatic rings. The van der Waals surface area contributed by atoms with Gasteiger partial charge in [-0.25, -0.2) is 4.98 Å². The second-order valence-corrected chi connectivity index (χ2v) is 6.55. The van der Waals surface area contributed by atoms with Crippen molar-refractivity contribution in [2.75, 3.05) is 0 Å². The SMILES string of the molecule is O=C(NC(Cn1ccnc1)C(=O)c1ccccc1)c1ccc(-c2ccccc2)o1. The van der Waals surface area contributed by atoms with Crippen LogP contribution in [0.2, 0.25) is 0 Å². The molecule has 1 atom stereocenters. The van der Waals surface area contributed by atoms with Gasteiger partial charge in [0.25, 0.3) is 5.91 Å². The van der Waals surface area contributed by atoms with Crippen molar-refractivity contribution >= 4 is 11.7 Å². The number of aromatic nitrogens is 2. The van der Waals surface area contributed by atoms with Gasteiger partial charge in [-0.1, -0.05) is 60.7 Å². The molecule has 1 N–H and O–H groups in total. The summed E-state index contributed by atoms with van der Waals surface area (Å²) in [6.45, 7) is 0.270. The molecule has 6 heteroatoms. The maximum absolute atomic E-state index is 13.0. The molecule has 0 aliphatic heterocycles. The van der Waals surface area contributed by atoms with Crippen molar-refractivity contribution < 1.29 is 14.0 Å². The largest absolute Gasteiger partial charge is 0.451 e. The molecule has 0 fully saturated rings. The van der Waals surface area contributed by atoms with Crippen molar-refractivity contribution in [3.8, 4) is 11.3 Å². The lowest BCUT2D eigenvalue weighted by Gasteiger charge is -2.17. The predicted molar refractivity (Wildman–Crippen MR) is 108 cm³/mol. The summed E-state index contributed by atoms with van der Waals surface area (Å²) in [6.07, 6.45) is 4.99. The van der Waals surface area contributed by atoms with Crippen molar-refractivity contribution in [3.63, 3.8) is 0 Å². The average Bonchev–Trinajstić information content (AvgIpc) is 3.46. The number of carbonyl (C=O) groups is 2. The molecule has 1 amide bonds. The van der Waals surface area contributed by atoms with E-state index in [2.05, 4.69) is 10.3 Å². The van der Waals surface area contributed by atoms with Crippen LogP contribution < -0.4 is 5.32 Å². The normalized spacial score (nSPS) is 11.7. The quantitative estimate of drug-likeness (QED) is 0.491. The number of benzene rings is 2. The van der Waals surface area contributed by atoms with E-state index in [1.54, 1.807) is 59.7 Å². The number of furan rings is 1. The minimum atomic E-state index is -0.760. The van der Waals surface area contributed by atoms with Crippen LogP contribution >= 0.6 is 0 Å². The first-order valence-electron chi connectivity index (χ1n) is 9.22. The van der Waals surface area contributed by atoms with Crippen LogP contribution in [0.3, 0.4) is 0 Å². The van der Waals surface area contributed by atoms with Gasteiger partial charge in [0.1, 0.15) is 11.8 Å². The molecule has 4 rings (SSSR count). The van der Waals surface area contributed by atoms with E-state index in [0.717, 1.165) is 5.56 Å². The molecule has 0 bridgehead atoms. The lowest BCUT2D eigenvalue weighted by molar-refractivity contribution is 0.0832. The molecule has 1 unspecified atom stereocenters. The number of nitrogens with one attached hydrogen (secondary N) is 1. The van der Waals surface area contributed by atoms with Crippen LogP contribution in [-0.2, 0) is 6.54 Å². The van der Waals surface area contributed by atoms with Crippen molar-refractivity contribution in [1.29, 1.82) is 0 Å². The van der Waals surface area contributed by atoms with Gasteiger partial charge in [0.2, 0.25) is 0 Å². The van der Waals surface area contributed by atoms with E-state index in [4.69, 9.17) is 4.42 Å². The van der Waals surface area contributed by atoms with Gasteiger partial charge in [0.05, 0.1) is 12.9 Å². The van der Waals surface area contributed by atoms with Gasteiger partial charge in [-0.2, -0.15) is 0 Å². The Morgan fingerprint density at radius 2 is 1.69 bits per heavy atom. The third-order valence-electron chi connectivity index (χ3n) is 4.52. The minimum Gasteiger partial charge on any atom is -0.451 e. The third-order valence-corrected chi connectivity index (χ3v) is 4.52. The Bertz CT molecular complexity index is 1090. The molecule has 2 heterocycles. The van der Waals surface area contributed by atoms with Gasteiger partial charge in [0.15, 0.2) is 11.5 Å². The summed E-state index contributed by atoms with van der Waals surface area (Å²) < 4.78 is 7.46. The van der Waals surface area contributed by atoms with Crippen molar-refractivity contribution in [2.45, 2.75) is 12.6 Å². The molecule has 0 radical (unpaired) electrons. The Kier molecular flexibility index (Phi) is 5.33. The van der Waals surface area contributed by atoms with Crippen LogP contribution in [0.4, 0.5) is 0 Å². The van der Waals surface area contributed by atoms with Gasteiger partial charge < -0.3 is 14.3 Å². The molecule has 0 spiro atoms. The Labute approximate surface area is 167 Å². The third kappa shape index (κ3) is 4.32. The van der Waals surface area contributed by atoms with E-state index in [1.165, 1.54) is 0 Å². The number of rotatable bonds is 7. The first-order valence-corrected chi connectivity index (χ1v) is 9.22. The second-order valence-electron chi connectivity index (χ2n) is 6.55. The standard InChI is InChI=1S/C23H19N3O3/c27-22(18-9-5-2-6-10-18)19(15-26-14-13-24-16-26)25-23(28)21-12-11-20(29-21)17-7-3-1-4-8-17/h1-14,16,19H,15H2,(H,25,28). The number of imidazole rings is 1. The maximum Gasteiger partial charge on any atom is 0.287 e. The Morgan fingerprint density at radius 1 is 0.966 bits per heavy atom. The summed E-state index contributed by atoms with van der Waals surface area (Å²) in [5, 5.41) is 2.80. The first kappa shape index (κ1) is 18.4. The molecular weight excluding hydrogens is 366 g/mol. The molecule has 0 aliphatic rings. The van der Waals surface area contributed by atoms with Crippen molar-refractivity contribution in [2.24, 2.45) is 0 Å². The van der Waals surface area contributed by atoms with E-state index in [1.807, 2.05) is 36.4 Å². The highest BCUT2D eigenvalue weighted by Crippen LogP contribution is 2.21. The van der Waals surface area contributed by atoms with Crippen molar-refractivity contribution in [1.82, 2.24) is 14.9 Å². The highest BCUT2D eigenvalue weighted by atomic mass is 16.3. The van der Waals surface area contributed by atoms with Crippen LogP contribution in [0.5, 0.6) is 0 Å².